The summed E-state index contributed by atoms with van der Waals surface area (Å²) in [6, 6.07) is 1.71. The molecule has 1 aromatic heterocycles. The average Bonchev–Trinajstić information content (AvgIpc) is 2.99. The van der Waals surface area contributed by atoms with E-state index in [0.29, 0.717) is 56.4 Å². The molecule has 8 heteroatoms. The second-order valence-corrected chi connectivity index (χ2v) is 7.24. The number of carbonyl (C=O) groups is 3. The highest BCUT2D eigenvalue weighted by molar-refractivity contribution is 5.95. The molecular formula is C20H31N3O5. The van der Waals surface area contributed by atoms with Crippen LogP contribution in [0.1, 0.15) is 49.1 Å². The van der Waals surface area contributed by atoms with Gasteiger partial charge in [0.15, 0.2) is 0 Å². The molecule has 2 rings (SSSR count). The van der Waals surface area contributed by atoms with Gasteiger partial charge in [-0.05, 0) is 40.7 Å². The first-order valence-electron chi connectivity index (χ1n) is 9.82. The van der Waals surface area contributed by atoms with Gasteiger partial charge in [-0.2, -0.15) is 0 Å². The molecule has 0 radical (unpaired) electrons. The Bertz CT molecular complexity index is 705. The predicted molar refractivity (Wildman–Crippen MR) is 104 cm³/mol. The molecule has 0 unspecified atom stereocenters. The molecule has 0 saturated carbocycles. The van der Waals surface area contributed by atoms with Crippen molar-refractivity contribution in [2.75, 3.05) is 39.3 Å². The first-order chi connectivity index (χ1) is 13.2. The maximum Gasteiger partial charge on any atom is 0.409 e. The molecule has 156 valence electrons. The van der Waals surface area contributed by atoms with Gasteiger partial charge in [0.25, 0.3) is 5.91 Å². The molecule has 1 aromatic rings. The summed E-state index contributed by atoms with van der Waals surface area (Å²) in [6.45, 7) is 11.8. The van der Waals surface area contributed by atoms with Crippen molar-refractivity contribution in [1.82, 2.24) is 14.7 Å². The Hall–Kier alpha value is -2.51. The number of piperazine rings is 1. The summed E-state index contributed by atoms with van der Waals surface area (Å²) in [5, 5.41) is 0. The van der Waals surface area contributed by atoms with Gasteiger partial charge in [0, 0.05) is 45.2 Å². The van der Waals surface area contributed by atoms with Crippen molar-refractivity contribution >= 4 is 17.9 Å². The summed E-state index contributed by atoms with van der Waals surface area (Å²) in [7, 11) is 0. The van der Waals surface area contributed by atoms with Crippen molar-refractivity contribution in [3.63, 3.8) is 0 Å². The minimum atomic E-state index is -0.336. The fraction of sp³-hybridized carbons (Fsp3) is 0.650. The van der Waals surface area contributed by atoms with E-state index in [-0.39, 0.29) is 30.4 Å². The summed E-state index contributed by atoms with van der Waals surface area (Å²) < 4.78 is 10.5. The van der Waals surface area contributed by atoms with Crippen LogP contribution < -0.4 is 0 Å². The van der Waals surface area contributed by atoms with E-state index in [2.05, 4.69) is 0 Å². The molecule has 1 aliphatic rings. The van der Waals surface area contributed by atoms with Crippen LogP contribution in [0.3, 0.4) is 0 Å². The van der Waals surface area contributed by atoms with Crippen molar-refractivity contribution in [1.29, 1.82) is 0 Å². The molecule has 1 saturated heterocycles. The molecule has 8 nitrogen and oxygen atoms in total. The Kier molecular flexibility index (Phi) is 7.48. The standard InChI is InChI=1S/C20H31N3O5/c1-6-27-20(26)22-11-9-21(10-12-22)18(24)7-8-23(14(2)3)19(25)17-13-15(4)28-16(17)5/h13-14H,6-12H2,1-5H3. The lowest BCUT2D eigenvalue weighted by Crippen LogP contribution is -2.51. The van der Waals surface area contributed by atoms with Gasteiger partial charge in [-0.25, -0.2) is 4.79 Å². The van der Waals surface area contributed by atoms with Crippen LogP contribution in [0.5, 0.6) is 0 Å². The number of amides is 3. The SMILES string of the molecule is CCOC(=O)N1CCN(C(=O)CCN(C(=O)c2cc(C)oc2C)C(C)C)CC1. The molecule has 0 atom stereocenters. The van der Waals surface area contributed by atoms with Crippen LogP contribution in [0, 0.1) is 13.8 Å². The third-order valence-corrected chi connectivity index (χ3v) is 4.88. The summed E-state index contributed by atoms with van der Waals surface area (Å²) in [5.74, 6) is 1.15. The Balaban J connectivity index is 1.90. The largest absolute Gasteiger partial charge is 0.466 e. The summed E-state index contributed by atoms with van der Waals surface area (Å²) in [5.41, 5.74) is 0.543. The first-order valence-corrected chi connectivity index (χ1v) is 9.82. The molecule has 3 amide bonds. The minimum absolute atomic E-state index is 0.0120. The van der Waals surface area contributed by atoms with E-state index >= 15 is 0 Å². The lowest BCUT2D eigenvalue weighted by molar-refractivity contribution is -0.133. The van der Waals surface area contributed by atoms with E-state index in [4.69, 9.17) is 9.15 Å². The van der Waals surface area contributed by atoms with E-state index in [0.717, 1.165) is 0 Å². The van der Waals surface area contributed by atoms with Crippen LogP contribution in [0.25, 0.3) is 0 Å². The average molecular weight is 393 g/mol. The maximum atomic E-state index is 12.9. The molecule has 28 heavy (non-hydrogen) atoms. The Morgan fingerprint density at radius 1 is 1.14 bits per heavy atom. The maximum absolute atomic E-state index is 12.9. The highest BCUT2D eigenvalue weighted by Crippen LogP contribution is 2.18. The highest BCUT2D eigenvalue weighted by atomic mass is 16.6. The number of aryl methyl sites for hydroxylation is 2. The van der Waals surface area contributed by atoms with Crippen LogP contribution in [0.15, 0.2) is 10.5 Å². The van der Waals surface area contributed by atoms with Gasteiger partial charge in [-0.15, -0.1) is 0 Å². The van der Waals surface area contributed by atoms with Crippen LogP contribution in [-0.4, -0.2) is 78.0 Å². The van der Waals surface area contributed by atoms with Crippen LogP contribution >= 0.6 is 0 Å². The zero-order valence-electron chi connectivity index (χ0n) is 17.5. The summed E-state index contributed by atoms with van der Waals surface area (Å²) in [4.78, 5) is 42.3. The van der Waals surface area contributed by atoms with Gasteiger partial charge in [0.05, 0.1) is 12.2 Å². The molecule has 0 aromatic carbocycles. The molecular weight excluding hydrogens is 362 g/mol. The molecule has 0 spiro atoms. The molecule has 2 heterocycles. The second-order valence-electron chi connectivity index (χ2n) is 7.24. The van der Waals surface area contributed by atoms with Crippen molar-refractivity contribution in [2.24, 2.45) is 0 Å². The van der Waals surface area contributed by atoms with Crippen molar-refractivity contribution in [3.05, 3.63) is 23.2 Å². The molecule has 0 bridgehead atoms. The lowest BCUT2D eigenvalue weighted by Gasteiger charge is -2.34. The van der Waals surface area contributed by atoms with Gasteiger partial charge in [0.2, 0.25) is 5.91 Å². The van der Waals surface area contributed by atoms with Crippen LogP contribution in [0.4, 0.5) is 4.79 Å². The van der Waals surface area contributed by atoms with Crippen molar-refractivity contribution in [3.8, 4) is 0 Å². The fourth-order valence-electron chi connectivity index (χ4n) is 3.32. The van der Waals surface area contributed by atoms with Gasteiger partial charge < -0.3 is 23.9 Å². The predicted octanol–water partition coefficient (Wildman–Crippen LogP) is 2.44. The third-order valence-electron chi connectivity index (χ3n) is 4.88. The Morgan fingerprint density at radius 2 is 1.75 bits per heavy atom. The smallest absolute Gasteiger partial charge is 0.409 e. The second kappa shape index (κ2) is 9.61. The number of furan rings is 1. The van der Waals surface area contributed by atoms with E-state index in [1.807, 2.05) is 20.8 Å². The van der Waals surface area contributed by atoms with Gasteiger partial charge in [-0.3, -0.25) is 9.59 Å². The zero-order chi connectivity index (χ0) is 20.8. The Morgan fingerprint density at radius 3 is 2.25 bits per heavy atom. The monoisotopic (exact) mass is 393 g/mol. The number of ether oxygens (including phenoxy) is 1. The molecule has 0 aliphatic carbocycles. The van der Waals surface area contributed by atoms with Gasteiger partial charge in [-0.1, -0.05) is 0 Å². The normalized spacial score (nSPS) is 14.4. The Labute approximate surface area is 166 Å². The number of hydrogen-bond acceptors (Lipinski definition) is 5. The minimum Gasteiger partial charge on any atom is -0.466 e. The van der Waals surface area contributed by atoms with Gasteiger partial charge >= 0.3 is 6.09 Å². The van der Waals surface area contributed by atoms with Crippen LogP contribution in [0.2, 0.25) is 0 Å². The van der Waals surface area contributed by atoms with Crippen molar-refractivity contribution in [2.45, 2.75) is 47.1 Å². The van der Waals surface area contributed by atoms with Crippen LogP contribution in [-0.2, 0) is 9.53 Å². The van der Waals surface area contributed by atoms with Gasteiger partial charge in [0.1, 0.15) is 11.5 Å². The number of rotatable bonds is 6. The highest BCUT2D eigenvalue weighted by Gasteiger charge is 2.27. The van der Waals surface area contributed by atoms with Crippen molar-refractivity contribution < 1.29 is 23.5 Å². The van der Waals surface area contributed by atoms with E-state index < -0.39 is 0 Å². The third kappa shape index (κ3) is 5.27. The zero-order valence-corrected chi connectivity index (χ0v) is 17.5. The molecule has 1 aliphatic heterocycles. The van der Waals surface area contributed by atoms with E-state index in [1.54, 1.807) is 34.6 Å². The number of carbonyl (C=O) groups excluding carboxylic acids is 3. The van der Waals surface area contributed by atoms with E-state index in [9.17, 15) is 14.4 Å². The quantitative estimate of drug-likeness (QED) is 0.741. The first kappa shape index (κ1) is 21.8. The number of hydrogen-bond donors (Lipinski definition) is 0. The summed E-state index contributed by atoms with van der Waals surface area (Å²) in [6.07, 6.45) is -0.0869. The molecule has 1 fully saturated rings. The number of nitrogens with zero attached hydrogens (tertiary/aromatic N) is 3. The molecule has 0 N–H and O–H groups in total. The topological polar surface area (TPSA) is 83.3 Å². The fourth-order valence-corrected chi connectivity index (χ4v) is 3.32. The summed E-state index contributed by atoms with van der Waals surface area (Å²) >= 11 is 0. The lowest BCUT2D eigenvalue weighted by atomic mass is 10.1. The van der Waals surface area contributed by atoms with E-state index in [1.165, 1.54) is 0 Å².